The van der Waals surface area contributed by atoms with Crippen LogP contribution in [0.2, 0.25) is 0 Å². The summed E-state index contributed by atoms with van der Waals surface area (Å²) in [5.74, 6) is 2.52. The van der Waals surface area contributed by atoms with Gasteiger partial charge in [0, 0.05) is 25.6 Å². The maximum atomic E-state index is 5.61. The Balaban J connectivity index is 1.62. The molecule has 2 unspecified atom stereocenters. The van der Waals surface area contributed by atoms with E-state index < -0.39 is 0 Å². The van der Waals surface area contributed by atoms with Gasteiger partial charge in [-0.1, -0.05) is 18.2 Å². The van der Waals surface area contributed by atoms with Crippen LogP contribution in [0.25, 0.3) is 0 Å². The maximum Gasteiger partial charge on any atom is 0.188 e. The van der Waals surface area contributed by atoms with E-state index in [-0.39, 0.29) is 12.8 Å². The molecule has 2 aromatic rings. The Morgan fingerprint density at radius 3 is 2.69 bits per heavy atom. The molecule has 32 heavy (non-hydrogen) atoms. The largest absolute Gasteiger partial charge is 0.497 e. The zero-order valence-electron chi connectivity index (χ0n) is 19.0. The van der Waals surface area contributed by atoms with Crippen molar-refractivity contribution in [1.82, 2.24) is 10.6 Å². The summed E-state index contributed by atoms with van der Waals surface area (Å²) < 4.78 is 21.3. The summed E-state index contributed by atoms with van der Waals surface area (Å²) in [4.78, 5) is 0. The molecule has 1 aliphatic rings. The number of allylic oxidation sites excluding steroid dienone is 1. The summed E-state index contributed by atoms with van der Waals surface area (Å²) in [6.07, 6.45) is 4.86. The minimum absolute atomic E-state index is 0.172. The fraction of sp³-hybridized carbons (Fsp3) is 0.400. The highest BCUT2D eigenvalue weighted by Gasteiger charge is 2.29. The van der Waals surface area contributed by atoms with Gasteiger partial charge in [0.05, 0.1) is 14.2 Å². The van der Waals surface area contributed by atoms with Gasteiger partial charge in [0.2, 0.25) is 0 Å². The van der Waals surface area contributed by atoms with Crippen molar-refractivity contribution in [2.75, 3.05) is 28.1 Å². The van der Waals surface area contributed by atoms with Crippen LogP contribution in [0.1, 0.15) is 35.4 Å². The normalized spacial score (nSPS) is 17.1. The fourth-order valence-electron chi connectivity index (χ4n) is 4.13. The minimum Gasteiger partial charge on any atom is -0.497 e. The topological polar surface area (TPSA) is 61.0 Å². The standard InChI is InChI=1S/C25H32N2O4S/c1-5-6-21-20-10-9-19(29-3)14-18(20)8-11-22(21)27-25(32)26-15-17-7-12-23(31-16-28-2)24(13-17)30-4/h5,7,9-10,12-14,21-22H,1,6,8,11,15-16H2,2-4H3,(H2,26,27,32). The Hall–Kier alpha value is -2.77. The summed E-state index contributed by atoms with van der Waals surface area (Å²) in [5, 5.41) is 7.49. The van der Waals surface area contributed by atoms with Gasteiger partial charge in [-0.05, 0) is 72.4 Å². The molecule has 2 N–H and O–H groups in total. The molecule has 7 heteroatoms. The lowest BCUT2D eigenvalue weighted by molar-refractivity contribution is 0.0491. The second-order valence-corrected chi connectivity index (χ2v) is 8.11. The first-order valence-electron chi connectivity index (χ1n) is 10.7. The van der Waals surface area contributed by atoms with Gasteiger partial charge in [0.15, 0.2) is 23.4 Å². The predicted octanol–water partition coefficient (Wildman–Crippen LogP) is 4.33. The third-order valence-electron chi connectivity index (χ3n) is 5.71. The first-order chi connectivity index (χ1) is 15.6. The van der Waals surface area contributed by atoms with Crippen LogP contribution in [-0.2, 0) is 17.7 Å². The molecule has 0 spiro atoms. The van der Waals surface area contributed by atoms with Crippen molar-refractivity contribution in [3.8, 4) is 17.2 Å². The number of hydrogen-bond acceptors (Lipinski definition) is 5. The Morgan fingerprint density at radius 1 is 1.12 bits per heavy atom. The van der Waals surface area contributed by atoms with Crippen molar-refractivity contribution in [2.45, 2.75) is 37.8 Å². The van der Waals surface area contributed by atoms with E-state index in [0.29, 0.717) is 29.1 Å². The average Bonchev–Trinajstić information content (AvgIpc) is 2.82. The molecular weight excluding hydrogens is 424 g/mol. The van der Waals surface area contributed by atoms with Crippen LogP contribution in [0.15, 0.2) is 49.1 Å². The van der Waals surface area contributed by atoms with E-state index in [1.807, 2.05) is 30.3 Å². The molecule has 0 amide bonds. The molecule has 1 aliphatic carbocycles. The van der Waals surface area contributed by atoms with Gasteiger partial charge in [-0.15, -0.1) is 6.58 Å². The zero-order chi connectivity index (χ0) is 22.9. The SMILES string of the molecule is C=CCC1c2ccc(OC)cc2CCC1NC(=S)NCc1ccc(OCOC)c(OC)c1. The summed E-state index contributed by atoms with van der Waals surface area (Å²) in [5.41, 5.74) is 3.73. The van der Waals surface area contributed by atoms with E-state index in [1.165, 1.54) is 11.1 Å². The van der Waals surface area contributed by atoms with Gasteiger partial charge in [0.1, 0.15) is 5.75 Å². The summed E-state index contributed by atoms with van der Waals surface area (Å²) in [6, 6.07) is 12.4. The molecule has 0 aromatic heterocycles. The molecule has 0 saturated carbocycles. The van der Waals surface area contributed by atoms with Gasteiger partial charge in [-0.3, -0.25) is 0 Å². The van der Waals surface area contributed by atoms with Gasteiger partial charge in [-0.2, -0.15) is 0 Å². The van der Waals surface area contributed by atoms with Crippen LogP contribution >= 0.6 is 12.2 Å². The Bertz CT molecular complexity index is 934. The number of hydrogen-bond donors (Lipinski definition) is 2. The van der Waals surface area contributed by atoms with E-state index >= 15 is 0 Å². The highest BCUT2D eigenvalue weighted by atomic mass is 32.1. The summed E-state index contributed by atoms with van der Waals surface area (Å²) in [7, 11) is 4.91. The van der Waals surface area contributed by atoms with Gasteiger partial charge in [0.25, 0.3) is 0 Å². The fourth-order valence-corrected chi connectivity index (χ4v) is 4.35. The van der Waals surface area contributed by atoms with Crippen molar-refractivity contribution in [1.29, 1.82) is 0 Å². The van der Waals surface area contributed by atoms with E-state index in [9.17, 15) is 0 Å². The Kier molecular flexibility index (Phi) is 8.76. The molecule has 2 atom stereocenters. The van der Waals surface area contributed by atoms with E-state index in [0.717, 1.165) is 30.6 Å². The minimum atomic E-state index is 0.172. The molecule has 0 saturated heterocycles. The van der Waals surface area contributed by atoms with E-state index in [1.54, 1.807) is 21.3 Å². The molecule has 0 aliphatic heterocycles. The van der Waals surface area contributed by atoms with Crippen molar-refractivity contribution in [3.05, 3.63) is 65.7 Å². The monoisotopic (exact) mass is 456 g/mol. The molecule has 6 nitrogen and oxygen atoms in total. The van der Waals surface area contributed by atoms with Crippen molar-refractivity contribution < 1.29 is 18.9 Å². The molecule has 3 rings (SSSR count). The number of aryl methyl sites for hydroxylation is 1. The summed E-state index contributed by atoms with van der Waals surface area (Å²) >= 11 is 5.61. The van der Waals surface area contributed by atoms with Crippen LogP contribution in [0.4, 0.5) is 0 Å². The second-order valence-electron chi connectivity index (χ2n) is 7.70. The maximum absolute atomic E-state index is 5.61. The molecule has 0 heterocycles. The third-order valence-corrected chi connectivity index (χ3v) is 5.97. The number of thiocarbonyl (C=S) groups is 1. The van der Waals surface area contributed by atoms with Crippen LogP contribution in [0.3, 0.4) is 0 Å². The quantitative estimate of drug-likeness (QED) is 0.314. The smallest absolute Gasteiger partial charge is 0.188 e. The lowest BCUT2D eigenvalue weighted by atomic mass is 9.77. The predicted molar refractivity (Wildman–Crippen MR) is 131 cm³/mol. The lowest BCUT2D eigenvalue weighted by Gasteiger charge is -2.34. The lowest BCUT2D eigenvalue weighted by Crippen LogP contribution is -2.46. The number of methoxy groups -OCH3 is 3. The average molecular weight is 457 g/mol. The molecule has 0 radical (unpaired) electrons. The van der Waals surface area contributed by atoms with Crippen molar-refractivity contribution in [2.24, 2.45) is 0 Å². The zero-order valence-corrected chi connectivity index (χ0v) is 19.8. The first kappa shape index (κ1) is 23.9. The van der Waals surface area contributed by atoms with Crippen LogP contribution in [0.5, 0.6) is 17.2 Å². The number of nitrogens with one attached hydrogen (secondary N) is 2. The van der Waals surface area contributed by atoms with Crippen LogP contribution in [-0.4, -0.2) is 39.3 Å². The van der Waals surface area contributed by atoms with E-state index in [2.05, 4.69) is 29.3 Å². The third kappa shape index (κ3) is 5.93. The number of benzene rings is 2. The number of rotatable bonds is 10. The van der Waals surface area contributed by atoms with Crippen LogP contribution in [0, 0.1) is 0 Å². The highest BCUT2D eigenvalue weighted by molar-refractivity contribution is 7.80. The van der Waals surface area contributed by atoms with E-state index in [4.69, 9.17) is 31.2 Å². The molecule has 0 fully saturated rings. The Morgan fingerprint density at radius 2 is 1.97 bits per heavy atom. The molecule has 2 aromatic carbocycles. The van der Waals surface area contributed by atoms with Crippen LogP contribution < -0.4 is 24.8 Å². The molecule has 0 bridgehead atoms. The highest BCUT2D eigenvalue weighted by Crippen LogP contribution is 2.36. The molecular formula is C25H32N2O4S. The number of ether oxygens (including phenoxy) is 4. The van der Waals surface area contributed by atoms with Gasteiger partial charge in [-0.25, -0.2) is 0 Å². The van der Waals surface area contributed by atoms with Crippen molar-refractivity contribution >= 4 is 17.3 Å². The summed E-state index contributed by atoms with van der Waals surface area (Å²) in [6.45, 7) is 4.72. The van der Waals surface area contributed by atoms with Crippen molar-refractivity contribution in [3.63, 3.8) is 0 Å². The first-order valence-corrected chi connectivity index (χ1v) is 11.1. The van der Waals surface area contributed by atoms with Gasteiger partial charge < -0.3 is 29.6 Å². The Labute approximate surface area is 195 Å². The van der Waals surface area contributed by atoms with Gasteiger partial charge >= 0.3 is 0 Å². The second kappa shape index (κ2) is 11.7. The molecule has 172 valence electrons. The number of fused-ring (bicyclic) bond motifs is 1.